The fourth-order valence-electron chi connectivity index (χ4n) is 3.46. The molecule has 1 fully saturated rings. The van der Waals surface area contributed by atoms with Gasteiger partial charge in [-0.3, -0.25) is 4.79 Å². The molecule has 120 valence electrons. The highest BCUT2D eigenvalue weighted by atomic mass is 16.5. The van der Waals surface area contributed by atoms with Gasteiger partial charge >= 0.3 is 0 Å². The van der Waals surface area contributed by atoms with Gasteiger partial charge in [0.25, 0.3) is 0 Å². The number of ketones is 1. The number of methoxy groups -OCH3 is 1. The highest BCUT2D eigenvalue weighted by Gasteiger charge is 2.20. The molecule has 0 aromatic heterocycles. The number of ether oxygens (including phenoxy) is 1. The maximum absolute atomic E-state index is 12.2. The summed E-state index contributed by atoms with van der Waals surface area (Å²) in [7, 11) is 1.64. The summed E-state index contributed by atoms with van der Waals surface area (Å²) in [5, 5.41) is 0. The molecule has 1 saturated carbocycles. The van der Waals surface area contributed by atoms with Gasteiger partial charge in [-0.25, -0.2) is 0 Å². The quantitative estimate of drug-likeness (QED) is 0.472. The fourth-order valence-corrected chi connectivity index (χ4v) is 3.46. The van der Waals surface area contributed by atoms with Crippen molar-refractivity contribution in [3.05, 3.63) is 42.5 Å². The first-order chi connectivity index (χ1) is 10.7. The van der Waals surface area contributed by atoms with Crippen molar-refractivity contribution in [2.75, 3.05) is 7.11 Å². The molecule has 0 bridgehead atoms. The Labute approximate surface area is 134 Å². The molecule has 2 nitrogen and oxygen atoms in total. The van der Waals surface area contributed by atoms with Crippen molar-refractivity contribution >= 4 is 5.78 Å². The van der Waals surface area contributed by atoms with Gasteiger partial charge in [0, 0.05) is 12.0 Å². The zero-order chi connectivity index (χ0) is 15.8. The smallest absolute Gasteiger partial charge is 0.162 e. The van der Waals surface area contributed by atoms with Gasteiger partial charge in [0.2, 0.25) is 0 Å². The van der Waals surface area contributed by atoms with E-state index < -0.39 is 0 Å². The molecule has 0 N–H and O–H groups in total. The van der Waals surface area contributed by atoms with Gasteiger partial charge in [-0.2, -0.15) is 0 Å². The minimum absolute atomic E-state index is 0.253. The summed E-state index contributed by atoms with van der Waals surface area (Å²) in [6.45, 7) is 3.84. The minimum atomic E-state index is 0.253. The molecule has 1 aromatic rings. The Kier molecular flexibility index (Phi) is 6.70. The molecule has 2 rings (SSSR count). The molecule has 0 atom stereocenters. The normalized spacial score (nSPS) is 21.3. The Balaban J connectivity index is 1.67. The van der Waals surface area contributed by atoms with Crippen LogP contribution in [0.1, 0.15) is 61.7 Å². The van der Waals surface area contributed by atoms with Gasteiger partial charge in [0.05, 0.1) is 7.11 Å². The molecule has 22 heavy (non-hydrogen) atoms. The van der Waals surface area contributed by atoms with Crippen LogP contribution < -0.4 is 4.74 Å². The molecular formula is C20H28O2. The van der Waals surface area contributed by atoms with E-state index in [0.29, 0.717) is 6.42 Å². The van der Waals surface area contributed by atoms with Crippen molar-refractivity contribution in [2.24, 2.45) is 11.8 Å². The predicted molar refractivity (Wildman–Crippen MR) is 91.4 cm³/mol. The third kappa shape index (κ3) is 5.01. The number of rotatable bonds is 8. The summed E-state index contributed by atoms with van der Waals surface area (Å²) < 4.78 is 5.12. The number of carbonyl (C=O) groups is 1. The first-order valence-corrected chi connectivity index (χ1v) is 8.51. The second-order valence-corrected chi connectivity index (χ2v) is 6.46. The molecule has 0 unspecified atom stereocenters. The van der Waals surface area contributed by atoms with Crippen LogP contribution in [0.15, 0.2) is 36.9 Å². The van der Waals surface area contributed by atoms with Crippen LogP contribution in [0.2, 0.25) is 0 Å². The van der Waals surface area contributed by atoms with Crippen LogP contribution in [0.4, 0.5) is 0 Å². The maximum atomic E-state index is 12.2. The van der Waals surface area contributed by atoms with Crippen LogP contribution in [0, 0.1) is 11.8 Å². The lowest BCUT2D eigenvalue weighted by molar-refractivity contribution is 0.0976. The third-order valence-corrected chi connectivity index (χ3v) is 4.89. The largest absolute Gasteiger partial charge is 0.497 e. The van der Waals surface area contributed by atoms with E-state index in [1.54, 1.807) is 7.11 Å². The average molecular weight is 300 g/mol. The van der Waals surface area contributed by atoms with Gasteiger partial charge in [-0.1, -0.05) is 25.3 Å². The number of hydrogen-bond acceptors (Lipinski definition) is 2. The molecule has 0 amide bonds. The van der Waals surface area contributed by atoms with Crippen molar-refractivity contribution < 1.29 is 9.53 Å². The standard InChI is InChI=1S/C20H28O2/c1-3-5-16-8-10-17(11-9-16)6-4-7-20(21)18-12-14-19(22-2)15-13-18/h3,12-17H,1,4-11H2,2H3. The topological polar surface area (TPSA) is 26.3 Å². The molecule has 0 heterocycles. The van der Waals surface area contributed by atoms with E-state index in [1.807, 2.05) is 24.3 Å². The van der Waals surface area contributed by atoms with Crippen LogP contribution in [0.25, 0.3) is 0 Å². The van der Waals surface area contributed by atoms with Gasteiger partial charge in [0.1, 0.15) is 5.75 Å². The molecule has 0 aliphatic heterocycles. The SMILES string of the molecule is C=CCC1CCC(CCCC(=O)c2ccc(OC)cc2)CC1. The summed E-state index contributed by atoms with van der Waals surface area (Å²) in [5.74, 6) is 2.73. The third-order valence-electron chi connectivity index (χ3n) is 4.89. The maximum Gasteiger partial charge on any atom is 0.162 e. The van der Waals surface area contributed by atoms with Crippen LogP contribution >= 0.6 is 0 Å². The van der Waals surface area contributed by atoms with Crippen LogP contribution in [0.3, 0.4) is 0 Å². The van der Waals surface area contributed by atoms with Crippen molar-refractivity contribution in [1.82, 2.24) is 0 Å². The first kappa shape index (κ1) is 16.8. The minimum Gasteiger partial charge on any atom is -0.497 e. The van der Waals surface area contributed by atoms with E-state index in [1.165, 1.54) is 38.5 Å². The van der Waals surface area contributed by atoms with Crippen molar-refractivity contribution in [3.8, 4) is 5.75 Å². The highest BCUT2D eigenvalue weighted by Crippen LogP contribution is 2.33. The molecule has 0 saturated heterocycles. The molecule has 2 heteroatoms. The van der Waals surface area contributed by atoms with E-state index >= 15 is 0 Å². The van der Waals surface area contributed by atoms with Crippen LogP contribution in [0.5, 0.6) is 5.75 Å². The average Bonchev–Trinajstić information content (AvgIpc) is 2.56. The monoisotopic (exact) mass is 300 g/mol. The van der Waals surface area contributed by atoms with Gasteiger partial charge < -0.3 is 4.74 Å². The Morgan fingerprint density at radius 2 is 1.82 bits per heavy atom. The number of benzene rings is 1. The second kappa shape index (κ2) is 8.77. The fraction of sp³-hybridized carbons (Fsp3) is 0.550. The Morgan fingerprint density at radius 3 is 2.41 bits per heavy atom. The zero-order valence-corrected chi connectivity index (χ0v) is 13.7. The molecular weight excluding hydrogens is 272 g/mol. The first-order valence-electron chi connectivity index (χ1n) is 8.51. The Hall–Kier alpha value is -1.57. The molecule has 0 spiro atoms. The highest BCUT2D eigenvalue weighted by molar-refractivity contribution is 5.96. The lowest BCUT2D eigenvalue weighted by atomic mass is 9.78. The Bertz CT molecular complexity index is 467. The van der Waals surface area contributed by atoms with Crippen molar-refractivity contribution in [2.45, 2.75) is 51.4 Å². The lowest BCUT2D eigenvalue weighted by Crippen LogP contribution is -2.14. The van der Waals surface area contributed by atoms with E-state index in [2.05, 4.69) is 12.7 Å². The molecule has 1 aliphatic rings. The summed E-state index contributed by atoms with van der Waals surface area (Å²) in [6.07, 6.45) is 11.4. The molecule has 1 aromatic carbocycles. The van der Waals surface area contributed by atoms with E-state index in [4.69, 9.17) is 4.74 Å². The van der Waals surface area contributed by atoms with Crippen LogP contribution in [-0.2, 0) is 0 Å². The zero-order valence-electron chi connectivity index (χ0n) is 13.7. The van der Waals surface area contributed by atoms with Gasteiger partial charge in [-0.05, 0) is 61.8 Å². The number of allylic oxidation sites excluding steroid dienone is 1. The van der Waals surface area contributed by atoms with E-state index in [0.717, 1.165) is 29.6 Å². The second-order valence-electron chi connectivity index (χ2n) is 6.46. The number of Topliss-reactive ketones (excluding diaryl/α,β-unsaturated/α-hetero) is 1. The summed E-state index contributed by atoms with van der Waals surface area (Å²) in [5.41, 5.74) is 0.801. The lowest BCUT2D eigenvalue weighted by Gasteiger charge is -2.27. The Morgan fingerprint density at radius 1 is 1.18 bits per heavy atom. The molecule has 1 aliphatic carbocycles. The van der Waals surface area contributed by atoms with Gasteiger partial charge in [-0.15, -0.1) is 6.58 Å². The summed E-state index contributed by atoms with van der Waals surface area (Å²) in [6, 6.07) is 7.44. The number of hydrogen-bond donors (Lipinski definition) is 0. The van der Waals surface area contributed by atoms with Crippen molar-refractivity contribution in [1.29, 1.82) is 0 Å². The van der Waals surface area contributed by atoms with E-state index in [-0.39, 0.29) is 5.78 Å². The van der Waals surface area contributed by atoms with Crippen molar-refractivity contribution in [3.63, 3.8) is 0 Å². The number of carbonyl (C=O) groups excluding carboxylic acids is 1. The van der Waals surface area contributed by atoms with E-state index in [9.17, 15) is 4.79 Å². The molecule has 0 radical (unpaired) electrons. The summed E-state index contributed by atoms with van der Waals surface area (Å²) >= 11 is 0. The van der Waals surface area contributed by atoms with Gasteiger partial charge in [0.15, 0.2) is 5.78 Å². The predicted octanol–water partition coefficient (Wildman–Crippen LogP) is 5.43. The van der Waals surface area contributed by atoms with Crippen LogP contribution in [-0.4, -0.2) is 12.9 Å². The summed E-state index contributed by atoms with van der Waals surface area (Å²) in [4.78, 5) is 12.2.